The van der Waals surface area contributed by atoms with Crippen LogP contribution in [0.5, 0.6) is 11.5 Å². The number of hydrogen-bond donors (Lipinski definition) is 7. The van der Waals surface area contributed by atoms with Crippen LogP contribution in [0, 0.1) is 98.9 Å². The number of nitrogens with zero attached hydrogens (tertiary/aromatic N) is 6. The van der Waals surface area contributed by atoms with Gasteiger partial charge in [-0.2, -0.15) is 10.2 Å². The molecule has 23 heteroatoms. The molecule has 21 nitrogen and oxygen atoms in total. The lowest BCUT2D eigenvalue weighted by molar-refractivity contribution is -0.651. The highest BCUT2D eigenvalue weighted by Crippen LogP contribution is 3.10. The van der Waals surface area contributed by atoms with Crippen molar-refractivity contribution in [2.24, 2.45) is 87.3 Å². The Morgan fingerprint density at radius 1 is 0.597 bits per heavy atom. The van der Waals surface area contributed by atoms with Gasteiger partial charge in [-0.3, -0.25) is 28.8 Å². The van der Waals surface area contributed by atoms with Gasteiger partial charge in [0.05, 0.1) is 23.8 Å². The summed E-state index contributed by atoms with van der Waals surface area (Å²) in [7, 11) is 2.07. The molecule has 0 atom stereocenters. The maximum Gasteiger partial charge on any atom is 0.270 e. The van der Waals surface area contributed by atoms with Crippen LogP contribution >= 0.6 is 0 Å². The van der Waals surface area contributed by atoms with Gasteiger partial charge in [0, 0.05) is 43.9 Å². The number of fused-ring (bicyclic) bond motifs is 4. The minimum absolute atomic E-state index is 0.0397. The minimum atomic E-state index is -0.720. The molecule has 6 aromatic rings. The summed E-state index contributed by atoms with van der Waals surface area (Å²) >= 11 is 0. The standard InChI is InChI=1S/C27H24FN7O4.C27H23FN6O4/c1-29-27-20-17-21(27)19-22(27)18(20)26(17,19)9-31-25(38)14-5-13(34-23-11(28)7-32-35(14)23)24(37)30-6-10-2-3-15-12(4-10)33-16(36)8-39-15;1-26-17-20-18(26)22-19(26)21(17)27(20,22)9-30-25(37)14-5-13(33-23-11(28)7-31-34(14)23)24(36)29-6-10-2-3-15-12(4-10)32-16(35)8-38-15/h2-5,7,17-22,29H,6,8-9H2,1H3,(H,30,37)(H,31,38)(H,33,36);2-5,7,17-22H,6,8-9H2,1H3,(H,29,36)(H,30,37)(H,32,35). The number of benzene rings is 2. The first kappa shape index (κ1) is 44.1. The van der Waals surface area contributed by atoms with E-state index in [1.807, 2.05) is 0 Å². The van der Waals surface area contributed by atoms with Crippen molar-refractivity contribution in [2.75, 3.05) is 44.0 Å². The molecule has 20 rings (SSSR count). The van der Waals surface area contributed by atoms with Crippen molar-refractivity contribution < 1.29 is 47.0 Å². The average Bonchev–Trinajstić information content (AvgIpc) is 1.23. The molecule has 12 fully saturated rings. The average molecular weight is 1040 g/mol. The number of rotatable bonds is 13. The zero-order valence-corrected chi connectivity index (χ0v) is 41.1. The van der Waals surface area contributed by atoms with Crippen molar-refractivity contribution in [2.45, 2.75) is 25.6 Å². The third kappa shape index (κ3) is 4.84. The number of halogens is 2. The van der Waals surface area contributed by atoms with Crippen molar-refractivity contribution >= 4 is 58.1 Å². The van der Waals surface area contributed by atoms with E-state index in [9.17, 15) is 37.5 Å². The van der Waals surface area contributed by atoms with Crippen LogP contribution in [0.3, 0.4) is 0 Å². The summed E-state index contributed by atoms with van der Waals surface area (Å²) in [5.41, 5.74) is 3.60. The number of ether oxygens (including phenoxy) is 2. The molecule has 0 bridgehead atoms. The van der Waals surface area contributed by atoms with E-state index in [-0.39, 0.29) is 88.9 Å². The maximum absolute atomic E-state index is 14.5. The van der Waals surface area contributed by atoms with Gasteiger partial charge >= 0.3 is 0 Å². The molecule has 0 saturated heterocycles. The minimum Gasteiger partial charge on any atom is -0.482 e. The fourth-order valence-corrected chi connectivity index (χ4v) is 19.3. The van der Waals surface area contributed by atoms with E-state index in [2.05, 4.69) is 71.4 Å². The van der Waals surface area contributed by atoms with Crippen LogP contribution < -0.4 is 46.7 Å². The van der Waals surface area contributed by atoms with E-state index < -0.39 is 29.4 Å². The highest BCUT2D eigenvalue weighted by molar-refractivity contribution is 6.00. The lowest BCUT2D eigenvalue weighted by Crippen LogP contribution is -3.15. The zero-order chi connectivity index (χ0) is 52.1. The fraction of sp³-hybridized carbons (Fsp3) is 0.444. The Morgan fingerprint density at radius 3 is 1.43 bits per heavy atom. The molecule has 0 unspecified atom stereocenters. The molecule has 2 aliphatic heterocycles. The first-order valence-corrected chi connectivity index (χ1v) is 26.3. The Bertz CT molecular complexity index is 3730. The van der Waals surface area contributed by atoms with Crippen molar-refractivity contribution in [1.29, 1.82) is 0 Å². The summed E-state index contributed by atoms with van der Waals surface area (Å²) < 4.78 is 42.0. The SMILES string of the molecule is CC12C3C4C1C1C2C3C41CNC(=O)c1cc(C(=O)NCc2ccc3c(c2)NC(=O)CO3)nc2c(F)cnn12.CNC12C3C4C1C1C2C3C41CNC(=O)c1cc(C(=O)NCc2ccc3c(c2)NC(=O)CO3)nc2c(F)cnn12. The van der Waals surface area contributed by atoms with Crippen molar-refractivity contribution in [3.8, 4) is 11.5 Å². The van der Waals surface area contributed by atoms with Gasteiger partial charge in [-0.1, -0.05) is 19.1 Å². The van der Waals surface area contributed by atoms with E-state index in [0.717, 1.165) is 85.8 Å². The Hall–Kier alpha value is -8.08. The van der Waals surface area contributed by atoms with E-state index in [1.165, 1.54) is 12.1 Å². The fourth-order valence-electron chi connectivity index (χ4n) is 19.3. The summed E-state index contributed by atoms with van der Waals surface area (Å²) in [5, 5.41) is 28.7. The van der Waals surface area contributed by atoms with Crippen LogP contribution in [-0.4, -0.2) is 104 Å². The number of amides is 6. The zero-order valence-electron chi connectivity index (χ0n) is 41.1. The summed E-state index contributed by atoms with van der Waals surface area (Å²) in [4.78, 5) is 84.1. The lowest BCUT2D eigenvalue weighted by atomic mass is 8.92. The van der Waals surface area contributed by atoms with Gasteiger partial charge in [0.25, 0.3) is 35.4 Å². The molecule has 4 aromatic heterocycles. The largest absolute Gasteiger partial charge is 0.482 e. The Kier molecular flexibility index (Phi) is 8.07. The first-order valence-electron chi connectivity index (χ1n) is 26.3. The van der Waals surface area contributed by atoms with E-state index in [4.69, 9.17) is 9.47 Å². The summed E-state index contributed by atoms with van der Waals surface area (Å²) in [6, 6.07) is 13.1. The summed E-state index contributed by atoms with van der Waals surface area (Å²) in [6.45, 7) is 3.84. The second-order valence-corrected chi connectivity index (χ2v) is 23.7. The number of aromatic nitrogens is 6. The van der Waals surface area contributed by atoms with E-state index in [1.54, 1.807) is 36.4 Å². The predicted molar refractivity (Wildman–Crippen MR) is 261 cm³/mol. The van der Waals surface area contributed by atoms with Gasteiger partial charge in [-0.15, -0.1) is 0 Å². The van der Waals surface area contributed by atoms with Crippen molar-refractivity contribution in [3.05, 3.63) is 106 Å². The molecule has 2 aromatic carbocycles. The number of carbonyl (C=O) groups excluding carboxylic acids is 6. The van der Waals surface area contributed by atoms with Crippen molar-refractivity contribution in [1.82, 2.24) is 55.8 Å². The third-order valence-corrected chi connectivity index (χ3v) is 21.8. The molecular weight excluding hydrogens is 997 g/mol. The molecule has 0 radical (unpaired) electrons. The van der Waals surface area contributed by atoms with Gasteiger partial charge in [0.2, 0.25) is 0 Å². The highest BCUT2D eigenvalue weighted by atomic mass is 19.1. The molecule has 6 amide bonds. The molecule has 12 aliphatic carbocycles. The first-order chi connectivity index (χ1) is 37.2. The van der Waals surface area contributed by atoms with Crippen LogP contribution in [0.2, 0.25) is 0 Å². The topological polar surface area (TPSA) is 265 Å². The van der Waals surface area contributed by atoms with Gasteiger partial charge < -0.3 is 46.7 Å². The number of hydrogen-bond acceptors (Lipinski definition) is 13. The lowest BCUT2D eigenvalue weighted by Gasteiger charge is -3.11. The van der Waals surface area contributed by atoms with Crippen LogP contribution in [0.1, 0.15) is 60.0 Å². The van der Waals surface area contributed by atoms with Gasteiger partial charge in [0.15, 0.2) is 36.1 Å². The monoisotopic (exact) mass is 1040 g/mol. The van der Waals surface area contributed by atoms with Gasteiger partial charge in [-0.05, 0) is 130 Å². The van der Waals surface area contributed by atoms with E-state index >= 15 is 0 Å². The third-order valence-electron chi connectivity index (χ3n) is 21.8. The van der Waals surface area contributed by atoms with Crippen molar-refractivity contribution in [3.63, 3.8) is 0 Å². The quantitative estimate of drug-likeness (QED) is 0.0876. The molecular formula is C54H47F2N13O8. The van der Waals surface area contributed by atoms with Crippen LogP contribution in [0.25, 0.3) is 11.3 Å². The molecule has 390 valence electrons. The van der Waals surface area contributed by atoms with Crippen LogP contribution in [-0.2, 0) is 22.7 Å². The second-order valence-electron chi connectivity index (χ2n) is 23.7. The Morgan fingerprint density at radius 2 is 1.01 bits per heavy atom. The van der Waals surface area contributed by atoms with Gasteiger partial charge in [-0.25, -0.2) is 27.8 Å². The maximum atomic E-state index is 14.5. The smallest absolute Gasteiger partial charge is 0.270 e. The highest BCUT2D eigenvalue weighted by Gasteiger charge is 3.09. The number of anilines is 2. The second kappa shape index (κ2) is 14.1. The molecule has 6 heterocycles. The number of nitrogens with one attached hydrogen (secondary N) is 7. The van der Waals surface area contributed by atoms with Gasteiger partial charge in [0.1, 0.15) is 34.3 Å². The Labute approximate surface area is 434 Å². The predicted octanol–water partition coefficient (Wildman–Crippen LogP) is 2.19. The van der Waals surface area contributed by atoms with Crippen LogP contribution in [0.15, 0.2) is 60.9 Å². The van der Waals surface area contributed by atoms with E-state index in [0.29, 0.717) is 64.7 Å². The molecule has 77 heavy (non-hydrogen) atoms. The Balaban J connectivity index is 0.000000125. The molecule has 14 aliphatic rings. The summed E-state index contributed by atoms with van der Waals surface area (Å²) in [5.74, 6) is 6.53. The molecule has 7 N–H and O–H groups in total. The number of carbonyl (C=O) groups is 6. The van der Waals surface area contributed by atoms with Crippen LogP contribution in [0.4, 0.5) is 20.2 Å². The molecule has 0 spiro atoms. The summed E-state index contributed by atoms with van der Waals surface area (Å²) in [6.07, 6.45) is 1.98. The molecule has 12 saturated carbocycles. The normalized spacial score (nSPS) is 36.8.